The molecule has 0 radical (unpaired) electrons. The second-order valence-corrected chi connectivity index (χ2v) is 6.56. The van der Waals surface area contributed by atoms with Gasteiger partial charge in [-0.05, 0) is 29.7 Å². The summed E-state index contributed by atoms with van der Waals surface area (Å²) in [6, 6.07) is 4.97. The monoisotopic (exact) mass is 346 g/mol. The van der Waals surface area contributed by atoms with Crippen LogP contribution in [0, 0.1) is 11.7 Å². The number of halogens is 2. The molecule has 0 saturated carbocycles. The van der Waals surface area contributed by atoms with Crippen LogP contribution >= 0.6 is 28.1 Å². The highest BCUT2D eigenvalue weighted by Crippen LogP contribution is 2.17. The number of rotatable bonds is 7. The molecule has 1 rings (SSSR count). The van der Waals surface area contributed by atoms with Gasteiger partial charge in [-0.15, -0.1) is 0 Å². The molecular weight excluding hydrogens is 327 g/mol. The third-order valence-corrected chi connectivity index (χ3v) is 3.29. The largest absolute Gasteiger partial charge is 0.393 e. The van der Waals surface area contributed by atoms with Crippen LogP contribution < -0.4 is 5.73 Å². The van der Waals surface area contributed by atoms with Gasteiger partial charge in [-0.25, -0.2) is 4.39 Å². The van der Waals surface area contributed by atoms with Crippen LogP contribution in [-0.2, 0) is 6.54 Å². The lowest BCUT2D eigenvalue weighted by molar-refractivity contribution is 0.242. The van der Waals surface area contributed by atoms with Crippen LogP contribution in [-0.4, -0.2) is 23.0 Å². The Labute approximate surface area is 128 Å². The first-order chi connectivity index (χ1) is 8.86. The van der Waals surface area contributed by atoms with Gasteiger partial charge in [-0.2, -0.15) is 0 Å². The van der Waals surface area contributed by atoms with Gasteiger partial charge in [0.1, 0.15) is 5.82 Å². The van der Waals surface area contributed by atoms with Gasteiger partial charge in [0.25, 0.3) is 0 Å². The lowest BCUT2D eigenvalue weighted by Crippen LogP contribution is -2.30. The fraction of sp³-hybridized carbons (Fsp3) is 0.500. The van der Waals surface area contributed by atoms with Crippen LogP contribution in [0.2, 0.25) is 0 Å². The van der Waals surface area contributed by atoms with Crippen molar-refractivity contribution in [3.05, 3.63) is 34.1 Å². The van der Waals surface area contributed by atoms with Gasteiger partial charge < -0.3 is 5.73 Å². The average molecular weight is 347 g/mol. The molecular formula is C14H20BrFN2S. The SMILES string of the molecule is CC(C)CN(CCC(N)=S)Cc1cc(F)cc(Br)c1. The number of thiocarbonyl (C=S) groups is 1. The molecule has 0 fully saturated rings. The molecule has 0 saturated heterocycles. The Hall–Kier alpha value is -0.520. The molecule has 2 N–H and O–H groups in total. The number of nitrogens with zero attached hydrogens (tertiary/aromatic N) is 1. The normalized spacial score (nSPS) is 11.3. The summed E-state index contributed by atoms with van der Waals surface area (Å²) < 4.78 is 14.1. The van der Waals surface area contributed by atoms with Crippen molar-refractivity contribution in [1.29, 1.82) is 0 Å². The van der Waals surface area contributed by atoms with Crippen molar-refractivity contribution < 1.29 is 4.39 Å². The van der Waals surface area contributed by atoms with Crippen LogP contribution in [0.4, 0.5) is 4.39 Å². The van der Waals surface area contributed by atoms with Crippen molar-refractivity contribution in [1.82, 2.24) is 4.90 Å². The number of nitrogens with two attached hydrogens (primary N) is 1. The van der Waals surface area contributed by atoms with Crippen molar-refractivity contribution >= 4 is 33.1 Å². The van der Waals surface area contributed by atoms with Gasteiger partial charge in [0, 0.05) is 30.5 Å². The minimum atomic E-state index is -0.219. The predicted octanol–water partition coefficient (Wildman–Crippen LogP) is 3.72. The number of hydrogen-bond acceptors (Lipinski definition) is 2. The van der Waals surface area contributed by atoms with E-state index in [2.05, 4.69) is 34.7 Å². The van der Waals surface area contributed by atoms with Gasteiger partial charge >= 0.3 is 0 Å². The maximum absolute atomic E-state index is 13.4. The van der Waals surface area contributed by atoms with E-state index in [1.807, 2.05) is 6.07 Å². The van der Waals surface area contributed by atoms with Crippen LogP contribution in [0.1, 0.15) is 25.8 Å². The van der Waals surface area contributed by atoms with E-state index in [9.17, 15) is 4.39 Å². The van der Waals surface area contributed by atoms with Gasteiger partial charge in [0.05, 0.1) is 4.99 Å². The molecule has 0 heterocycles. The highest BCUT2D eigenvalue weighted by molar-refractivity contribution is 9.10. The van der Waals surface area contributed by atoms with Crippen molar-refractivity contribution in [3.63, 3.8) is 0 Å². The zero-order valence-corrected chi connectivity index (χ0v) is 13.7. The Kier molecular flexibility index (Phi) is 6.89. The molecule has 0 amide bonds. The molecule has 0 spiro atoms. The molecule has 0 unspecified atom stereocenters. The van der Waals surface area contributed by atoms with Gasteiger partial charge in [0.15, 0.2) is 0 Å². The quantitative estimate of drug-likeness (QED) is 0.763. The summed E-state index contributed by atoms with van der Waals surface area (Å²) in [6.07, 6.45) is 0.693. The highest BCUT2D eigenvalue weighted by Gasteiger charge is 2.10. The molecule has 19 heavy (non-hydrogen) atoms. The molecule has 0 atom stereocenters. The molecule has 0 bridgehead atoms. The zero-order valence-electron chi connectivity index (χ0n) is 11.3. The van der Waals surface area contributed by atoms with Crippen LogP contribution in [0.3, 0.4) is 0 Å². The van der Waals surface area contributed by atoms with E-state index in [0.29, 0.717) is 23.9 Å². The Balaban J connectivity index is 2.71. The summed E-state index contributed by atoms with van der Waals surface area (Å²) in [4.78, 5) is 2.78. The molecule has 0 aliphatic rings. The predicted molar refractivity (Wildman–Crippen MR) is 85.6 cm³/mol. The topological polar surface area (TPSA) is 29.3 Å². The molecule has 1 aromatic carbocycles. The number of benzene rings is 1. The van der Waals surface area contributed by atoms with Gasteiger partial charge in [-0.1, -0.05) is 42.0 Å². The summed E-state index contributed by atoms with van der Waals surface area (Å²) in [5.74, 6) is 0.326. The third kappa shape index (κ3) is 6.99. The zero-order chi connectivity index (χ0) is 14.4. The van der Waals surface area contributed by atoms with Crippen molar-refractivity contribution in [2.24, 2.45) is 11.7 Å². The van der Waals surface area contributed by atoms with E-state index in [4.69, 9.17) is 18.0 Å². The van der Waals surface area contributed by atoms with E-state index in [1.165, 1.54) is 6.07 Å². The summed E-state index contributed by atoms with van der Waals surface area (Å²) in [5.41, 5.74) is 6.50. The van der Waals surface area contributed by atoms with Crippen LogP contribution in [0.15, 0.2) is 22.7 Å². The first kappa shape index (κ1) is 16.5. The third-order valence-electron chi connectivity index (χ3n) is 2.63. The minimum absolute atomic E-state index is 0.219. The highest BCUT2D eigenvalue weighted by atomic mass is 79.9. The lowest BCUT2D eigenvalue weighted by atomic mass is 10.1. The molecule has 1 aromatic rings. The second-order valence-electron chi connectivity index (χ2n) is 5.12. The molecule has 5 heteroatoms. The number of hydrogen-bond donors (Lipinski definition) is 1. The van der Waals surface area contributed by atoms with E-state index in [1.54, 1.807) is 6.07 Å². The lowest BCUT2D eigenvalue weighted by Gasteiger charge is -2.24. The fourth-order valence-electron chi connectivity index (χ4n) is 1.98. The Morgan fingerprint density at radius 1 is 1.42 bits per heavy atom. The van der Waals surface area contributed by atoms with Crippen molar-refractivity contribution in [2.75, 3.05) is 13.1 Å². The standard InChI is InChI=1S/C14H20BrFN2S/c1-10(2)8-18(4-3-14(17)19)9-11-5-12(15)7-13(16)6-11/h5-7,10H,3-4,8-9H2,1-2H3,(H2,17,19). The molecule has 0 aliphatic heterocycles. The van der Waals surface area contributed by atoms with E-state index < -0.39 is 0 Å². The maximum atomic E-state index is 13.4. The van der Waals surface area contributed by atoms with Crippen LogP contribution in [0.5, 0.6) is 0 Å². The fourth-order valence-corrected chi connectivity index (χ4v) is 2.58. The summed E-state index contributed by atoms with van der Waals surface area (Å²) in [7, 11) is 0. The van der Waals surface area contributed by atoms with E-state index >= 15 is 0 Å². The van der Waals surface area contributed by atoms with Crippen molar-refractivity contribution in [2.45, 2.75) is 26.8 Å². The summed E-state index contributed by atoms with van der Waals surface area (Å²) >= 11 is 8.23. The first-order valence-corrected chi connectivity index (χ1v) is 7.52. The maximum Gasteiger partial charge on any atom is 0.124 e. The molecule has 106 valence electrons. The Bertz CT molecular complexity index is 417. The Morgan fingerprint density at radius 2 is 2.11 bits per heavy atom. The summed E-state index contributed by atoms with van der Waals surface area (Å²) in [6.45, 7) is 6.78. The van der Waals surface area contributed by atoms with E-state index in [0.717, 1.165) is 23.1 Å². The van der Waals surface area contributed by atoms with Gasteiger partial charge in [0.2, 0.25) is 0 Å². The molecule has 2 nitrogen and oxygen atoms in total. The van der Waals surface area contributed by atoms with Gasteiger partial charge in [-0.3, -0.25) is 4.90 Å². The minimum Gasteiger partial charge on any atom is -0.393 e. The van der Waals surface area contributed by atoms with Crippen molar-refractivity contribution in [3.8, 4) is 0 Å². The molecule has 0 aromatic heterocycles. The average Bonchev–Trinajstić information content (AvgIpc) is 2.23. The van der Waals surface area contributed by atoms with Crippen LogP contribution in [0.25, 0.3) is 0 Å². The smallest absolute Gasteiger partial charge is 0.124 e. The second kappa shape index (κ2) is 7.92. The van der Waals surface area contributed by atoms with E-state index in [-0.39, 0.29) is 5.82 Å². The Morgan fingerprint density at radius 3 is 2.63 bits per heavy atom. The first-order valence-electron chi connectivity index (χ1n) is 6.32. The molecule has 0 aliphatic carbocycles. The summed E-state index contributed by atoms with van der Waals surface area (Å²) in [5, 5.41) is 0.